The standard InChI is InChI=1S/C13H18N4O3S/c1-2-11-4-3-10(8-18)7-12(11)21(19,20)16-6-5-13-14-9-15-17-13/h3-4,7,9,16,18H,2,5-6,8H2,1H3,(H,14,15,17). The highest BCUT2D eigenvalue weighted by molar-refractivity contribution is 7.89. The van der Waals surface area contributed by atoms with Crippen LogP contribution in [0.1, 0.15) is 23.9 Å². The Morgan fingerprint density at radius 3 is 2.81 bits per heavy atom. The van der Waals surface area contributed by atoms with Crippen molar-refractivity contribution in [1.82, 2.24) is 19.9 Å². The highest BCUT2D eigenvalue weighted by atomic mass is 32.2. The van der Waals surface area contributed by atoms with Crippen molar-refractivity contribution in [2.45, 2.75) is 31.3 Å². The average molecular weight is 310 g/mol. The maximum Gasteiger partial charge on any atom is 0.240 e. The highest BCUT2D eigenvalue weighted by Gasteiger charge is 2.18. The van der Waals surface area contributed by atoms with Crippen molar-refractivity contribution in [2.24, 2.45) is 0 Å². The van der Waals surface area contributed by atoms with Crippen molar-refractivity contribution >= 4 is 10.0 Å². The number of aliphatic hydroxyl groups is 1. The van der Waals surface area contributed by atoms with Gasteiger partial charge in [-0.2, -0.15) is 5.10 Å². The molecule has 0 bridgehead atoms. The van der Waals surface area contributed by atoms with Crippen LogP contribution in [0.3, 0.4) is 0 Å². The molecule has 0 saturated carbocycles. The molecular formula is C13H18N4O3S. The summed E-state index contributed by atoms with van der Waals surface area (Å²) >= 11 is 0. The van der Waals surface area contributed by atoms with Gasteiger partial charge in [-0.25, -0.2) is 18.1 Å². The minimum Gasteiger partial charge on any atom is -0.392 e. The number of nitrogens with zero attached hydrogens (tertiary/aromatic N) is 2. The maximum absolute atomic E-state index is 12.4. The number of rotatable bonds is 7. The lowest BCUT2D eigenvalue weighted by Gasteiger charge is -2.11. The van der Waals surface area contributed by atoms with E-state index in [9.17, 15) is 8.42 Å². The van der Waals surface area contributed by atoms with Crippen LogP contribution in [0.5, 0.6) is 0 Å². The Morgan fingerprint density at radius 1 is 1.38 bits per heavy atom. The summed E-state index contributed by atoms with van der Waals surface area (Å²) in [5.74, 6) is 0.623. The predicted octanol–water partition coefficient (Wildman–Crippen LogP) is 0.380. The lowest BCUT2D eigenvalue weighted by Crippen LogP contribution is -2.27. The fourth-order valence-corrected chi connectivity index (χ4v) is 3.36. The molecule has 0 aliphatic rings. The molecule has 1 heterocycles. The van der Waals surface area contributed by atoms with Gasteiger partial charge in [0.1, 0.15) is 12.2 Å². The highest BCUT2D eigenvalue weighted by Crippen LogP contribution is 2.18. The van der Waals surface area contributed by atoms with Gasteiger partial charge >= 0.3 is 0 Å². The van der Waals surface area contributed by atoms with Gasteiger partial charge in [0, 0.05) is 13.0 Å². The molecule has 3 N–H and O–H groups in total. The minimum absolute atomic E-state index is 0.190. The van der Waals surface area contributed by atoms with Crippen molar-refractivity contribution < 1.29 is 13.5 Å². The smallest absolute Gasteiger partial charge is 0.240 e. The summed E-state index contributed by atoms with van der Waals surface area (Å²) in [4.78, 5) is 4.15. The number of hydrogen-bond acceptors (Lipinski definition) is 5. The molecule has 0 unspecified atom stereocenters. The van der Waals surface area contributed by atoms with Crippen LogP contribution in [0.15, 0.2) is 29.4 Å². The summed E-state index contributed by atoms with van der Waals surface area (Å²) in [6, 6.07) is 4.97. The zero-order valence-electron chi connectivity index (χ0n) is 11.7. The van der Waals surface area contributed by atoms with Gasteiger partial charge in [-0.3, -0.25) is 5.10 Å². The Bertz CT molecular complexity index is 683. The van der Waals surface area contributed by atoms with Crippen LogP contribution < -0.4 is 4.72 Å². The Balaban J connectivity index is 2.14. The van der Waals surface area contributed by atoms with Crippen LogP contribution in [0.2, 0.25) is 0 Å². The summed E-state index contributed by atoms with van der Waals surface area (Å²) in [7, 11) is -3.61. The SMILES string of the molecule is CCc1ccc(CO)cc1S(=O)(=O)NCCc1ncn[nH]1. The van der Waals surface area contributed by atoms with Gasteiger partial charge in [0.25, 0.3) is 0 Å². The fraction of sp³-hybridized carbons (Fsp3) is 0.385. The van der Waals surface area contributed by atoms with E-state index in [0.717, 1.165) is 5.56 Å². The first-order chi connectivity index (χ1) is 10.1. The molecule has 21 heavy (non-hydrogen) atoms. The van der Waals surface area contributed by atoms with Crippen LogP contribution in [0, 0.1) is 0 Å². The normalized spacial score (nSPS) is 11.7. The largest absolute Gasteiger partial charge is 0.392 e. The van der Waals surface area contributed by atoms with E-state index in [2.05, 4.69) is 19.9 Å². The first-order valence-electron chi connectivity index (χ1n) is 6.63. The lowest BCUT2D eigenvalue weighted by atomic mass is 10.1. The number of aliphatic hydroxyl groups excluding tert-OH is 1. The number of H-pyrrole nitrogens is 1. The van der Waals surface area contributed by atoms with Gasteiger partial charge in [-0.05, 0) is 23.6 Å². The van der Waals surface area contributed by atoms with Crippen molar-refractivity contribution in [3.8, 4) is 0 Å². The Morgan fingerprint density at radius 2 is 2.19 bits per heavy atom. The summed E-state index contributed by atoms with van der Waals surface area (Å²) in [5, 5.41) is 15.5. The third-order valence-corrected chi connectivity index (χ3v) is 4.65. The van der Waals surface area contributed by atoms with Gasteiger partial charge in [0.05, 0.1) is 11.5 Å². The molecule has 1 aromatic heterocycles. The van der Waals surface area contributed by atoms with E-state index in [-0.39, 0.29) is 18.0 Å². The topological polar surface area (TPSA) is 108 Å². The zero-order valence-corrected chi connectivity index (χ0v) is 12.5. The third-order valence-electron chi connectivity index (χ3n) is 3.10. The molecule has 0 radical (unpaired) electrons. The molecule has 0 amide bonds. The number of aromatic amines is 1. The van der Waals surface area contributed by atoms with Crippen LogP contribution in [0.25, 0.3) is 0 Å². The summed E-state index contributed by atoms with van der Waals surface area (Å²) in [5.41, 5.74) is 1.29. The second-order valence-electron chi connectivity index (χ2n) is 4.53. The summed E-state index contributed by atoms with van der Waals surface area (Å²) in [6.07, 6.45) is 2.41. The second kappa shape index (κ2) is 6.79. The van der Waals surface area contributed by atoms with E-state index in [1.165, 1.54) is 12.4 Å². The van der Waals surface area contributed by atoms with Gasteiger partial charge in [-0.1, -0.05) is 19.1 Å². The summed E-state index contributed by atoms with van der Waals surface area (Å²) < 4.78 is 27.3. The van der Waals surface area contributed by atoms with Crippen LogP contribution >= 0.6 is 0 Å². The molecule has 114 valence electrons. The van der Waals surface area contributed by atoms with Gasteiger partial charge < -0.3 is 5.11 Å². The molecule has 0 aliphatic carbocycles. The first-order valence-corrected chi connectivity index (χ1v) is 8.11. The first kappa shape index (κ1) is 15.6. The Labute approximate surface area is 123 Å². The minimum atomic E-state index is -3.61. The molecule has 0 saturated heterocycles. The van der Waals surface area contributed by atoms with Crippen molar-refractivity contribution in [1.29, 1.82) is 0 Å². The quantitative estimate of drug-likeness (QED) is 0.685. The predicted molar refractivity (Wildman–Crippen MR) is 77.0 cm³/mol. The van der Waals surface area contributed by atoms with Gasteiger partial charge in [0.15, 0.2) is 0 Å². The van der Waals surface area contributed by atoms with E-state index < -0.39 is 10.0 Å². The van der Waals surface area contributed by atoms with E-state index in [1.54, 1.807) is 12.1 Å². The number of sulfonamides is 1. The van der Waals surface area contributed by atoms with E-state index in [1.807, 2.05) is 6.92 Å². The molecule has 8 heteroatoms. The Hall–Kier alpha value is -1.77. The lowest BCUT2D eigenvalue weighted by molar-refractivity contribution is 0.281. The molecule has 0 fully saturated rings. The molecule has 2 aromatic rings. The average Bonchev–Trinajstić information content (AvgIpc) is 2.99. The number of nitrogens with one attached hydrogen (secondary N) is 2. The molecule has 7 nitrogen and oxygen atoms in total. The second-order valence-corrected chi connectivity index (χ2v) is 6.27. The molecule has 1 aromatic carbocycles. The monoisotopic (exact) mass is 310 g/mol. The molecule has 0 spiro atoms. The molecule has 2 rings (SSSR count). The number of aromatic nitrogens is 3. The van der Waals surface area contributed by atoms with Crippen molar-refractivity contribution in [2.75, 3.05) is 6.54 Å². The summed E-state index contributed by atoms with van der Waals surface area (Å²) in [6.45, 7) is 1.93. The van der Waals surface area contributed by atoms with Crippen LogP contribution in [0.4, 0.5) is 0 Å². The van der Waals surface area contributed by atoms with E-state index in [0.29, 0.717) is 24.2 Å². The Kier molecular flexibility index (Phi) is 5.05. The third kappa shape index (κ3) is 3.87. The number of hydrogen-bond donors (Lipinski definition) is 3. The van der Waals surface area contributed by atoms with E-state index >= 15 is 0 Å². The molecular weight excluding hydrogens is 292 g/mol. The molecule has 0 aliphatic heterocycles. The maximum atomic E-state index is 12.4. The fourth-order valence-electron chi connectivity index (χ4n) is 1.97. The number of benzene rings is 1. The van der Waals surface area contributed by atoms with Crippen molar-refractivity contribution in [3.05, 3.63) is 41.5 Å². The molecule has 0 atom stereocenters. The van der Waals surface area contributed by atoms with Gasteiger partial charge in [0.2, 0.25) is 10.0 Å². The van der Waals surface area contributed by atoms with Crippen LogP contribution in [-0.2, 0) is 29.5 Å². The van der Waals surface area contributed by atoms with Crippen LogP contribution in [-0.4, -0.2) is 35.3 Å². The number of aryl methyl sites for hydroxylation is 1. The zero-order chi connectivity index (χ0) is 15.3. The van der Waals surface area contributed by atoms with Gasteiger partial charge in [-0.15, -0.1) is 0 Å². The van der Waals surface area contributed by atoms with E-state index in [4.69, 9.17) is 5.11 Å². The van der Waals surface area contributed by atoms with Crippen molar-refractivity contribution in [3.63, 3.8) is 0 Å².